The maximum atomic E-state index is 15.4. The molecule has 93 heavy (non-hydrogen) atoms. The Bertz CT molecular complexity index is 2740. The van der Waals surface area contributed by atoms with Crippen LogP contribution in [-0.4, -0.2) is 221 Å². The van der Waals surface area contributed by atoms with Gasteiger partial charge in [-0.25, -0.2) is 0 Å². The first kappa shape index (κ1) is 82.1. The van der Waals surface area contributed by atoms with Gasteiger partial charge in [0.25, 0.3) is 0 Å². The molecule has 0 aliphatic carbocycles. The molecule has 2 unspecified atom stereocenters. The maximum Gasteiger partial charge on any atom is 0.246 e. The fourth-order valence-electron chi connectivity index (χ4n) is 12.0. The van der Waals surface area contributed by atoms with Crippen molar-refractivity contribution in [2.45, 2.75) is 224 Å². The van der Waals surface area contributed by atoms with Crippen LogP contribution in [0.1, 0.15) is 174 Å². The molecule has 0 radical (unpaired) electrons. The molecule has 0 bridgehead atoms. The Kier molecular flexibility index (Phi) is 32.8. The van der Waals surface area contributed by atoms with E-state index in [4.69, 9.17) is 0 Å². The number of nitrogens with one attached hydrogen (secondary N) is 5. The zero-order chi connectivity index (χ0) is 71.5. The molecule has 10 amide bonds. The number of amides is 10. The zero-order valence-electron chi connectivity index (χ0n) is 60.5. The van der Waals surface area contributed by atoms with Gasteiger partial charge in [0.15, 0.2) is 11.6 Å². The highest BCUT2D eigenvalue weighted by Gasteiger charge is 2.46. The van der Waals surface area contributed by atoms with Crippen LogP contribution in [0.2, 0.25) is 0 Å². The second-order valence-electron chi connectivity index (χ2n) is 28.5. The number of rotatable bonds is 18. The van der Waals surface area contributed by atoms with Gasteiger partial charge in [0.05, 0.1) is 18.7 Å². The fraction of sp³-hybridized carbons (Fsp3) is 0.739. The van der Waals surface area contributed by atoms with Gasteiger partial charge >= 0.3 is 0 Å². The Morgan fingerprint density at radius 1 is 0.527 bits per heavy atom. The van der Waals surface area contributed by atoms with E-state index in [1.807, 2.05) is 55.4 Å². The van der Waals surface area contributed by atoms with Gasteiger partial charge in [-0.05, 0) is 125 Å². The number of nitrogens with zero attached hydrogens (tertiary/aromatic N) is 6. The first-order chi connectivity index (χ1) is 43.0. The molecular weight excluding hydrogens is 1190 g/mol. The minimum Gasteiger partial charge on any atom is -0.390 e. The second-order valence-corrected chi connectivity index (χ2v) is 28.5. The Labute approximate surface area is 554 Å². The van der Waals surface area contributed by atoms with Crippen molar-refractivity contribution >= 4 is 76.3 Å². The third-order valence-electron chi connectivity index (χ3n) is 17.9. The average Bonchev–Trinajstić information content (AvgIpc) is 0.846. The summed E-state index contributed by atoms with van der Waals surface area (Å²) in [5.41, 5.74) is 1.21. The molecular formula is C69H117N11O13. The maximum absolute atomic E-state index is 15.4. The lowest BCUT2D eigenvalue weighted by molar-refractivity contribution is -0.157. The van der Waals surface area contributed by atoms with Crippen molar-refractivity contribution in [3.8, 4) is 0 Å². The number of Topliss-reactive ketones (excluding diaryl/α,β-unsaturated/α-hetero) is 2. The van der Waals surface area contributed by atoms with Crippen LogP contribution in [0, 0.1) is 53.3 Å². The van der Waals surface area contributed by atoms with Crippen LogP contribution in [0.5, 0.6) is 0 Å². The zero-order valence-corrected chi connectivity index (χ0v) is 60.5. The molecule has 1 aromatic rings. The number of aliphatic hydroxyl groups excluding tert-OH is 1. The molecule has 24 nitrogen and oxygen atoms in total. The number of benzene rings is 1. The summed E-state index contributed by atoms with van der Waals surface area (Å²) < 4.78 is 0. The molecule has 1 aromatic carbocycles. The number of carbonyl (C=O) groups excluding carboxylic acids is 12. The molecule has 1 heterocycles. The second kappa shape index (κ2) is 37.2. The Hall–Kier alpha value is -6.98. The first-order valence-corrected chi connectivity index (χ1v) is 33.4. The largest absolute Gasteiger partial charge is 0.390 e. The van der Waals surface area contributed by atoms with E-state index in [1.165, 1.54) is 82.7 Å². The van der Waals surface area contributed by atoms with Crippen molar-refractivity contribution in [3.05, 3.63) is 29.8 Å². The van der Waals surface area contributed by atoms with E-state index in [1.54, 1.807) is 72.7 Å². The van der Waals surface area contributed by atoms with E-state index in [-0.39, 0.29) is 74.5 Å². The Morgan fingerprint density at radius 3 is 1.47 bits per heavy atom. The number of hydrogen-bond donors (Lipinski definition) is 6. The molecule has 1 saturated heterocycles. The highest BCUT2D eigenvalue weighted by atomic mass is 16.3. The van der Waals surface area contributed by atoms with E-state index in [0.717, 1.165) is 9.80 Å². The highest BCUT2D eigenvalue weighted by molar-refractivity contribution is 6.00. The summed E-state index contributed by atoms with van der Waals surface area (Å²) in [5, 5.41) is 26.8. The van der Waals surface area contributed by atoms with Crippen molar-refractivity contribution in [2.75, 3.05) is 60.7 Å². The predicted octanol–water partition coefficient (Wildman–Crippen LogP) is 5.00. The number of anilines is 1. The minimum absolute atomic E-state index is 0.00715. The summed E-state index contributed by atoms with van der Waals surface area (Å²) in [5.74, 6) is -11.8. The summed E-state index contributed by atoms with van der Waals surface area (Å²) >= 11 is 0. The van der Waals surface area contributed by atoms with Crippen molar-refractivity contribution in [3.63, 3.8) is 0 Å². The molecule has 1 aliphatic heterocycles. The number of ketones is 2. The van der Waals surface area contributed by atoms with Crippen molar-refractivity contribution in [1.29, 1.82) is 0 Å². The van der Waals surface area contributed by atoms with E-state index in [9.17, 15) is 43.5 Å². The molecule has 1 aliphatic rings. The average molecular weight is 1310 g/mol. The third-order valence-corrected chi connectivity index (χ3v) is 17.9. The predicted molar refractivity (Wildman–Crippen MR) is 360 cm³/mol. The standard InChI is InChI=1S/C69H117N11O13/c1-25-51-66(90)75(19)36-55(82)76(20)52(33-38(4)5)63(87)74-56(41(10)11)60(84)44(15)50(32-37(2)3)62(86)71-45(16)61(85)72-46(17)65(89)77(21)53(34-39(6)7)67(91)78(22)54(35-40(8)9)68(92)79(23)57(42(12)13)69(93)80(24)58(64(88)73-51)59(83)43(14)30-31-70-49-28-26-48(27-29-49)47(18)81/h26-29,37-46,50-54,56-59,70,83H,25,30-36H2,1-24H3,(H,71,86)(H,72,85)(H,73,88)(H,74,87)/t43-,44-,45+,46+,50-,51+,52+,53+,54+,56+,57?,58?,59-/m0/s1. The molecule has 24 heteroatoms. The van der Waals surface area contributed by atoms with Crippen molar-refractivity contribution < 1.29 is 62.6 Å². The molecule has 2 rings (SSSR count). The summed E-state index contributed by atoms with van der Waals surface area (Å²) in [6, 6.07) is -4.51. The van der Waals surface area contributed by atoms with Crippen molar-refractivity contribution in [1.82, 2.24) is 50.7 Å². The van der Waals surface area contributed by atoms with E-state index < -0.39 is 161 Å². The van der Waals surface area contributed by atoms with Gasteiger partial charge < -0.3 is 61.1 Å². The summed E-state index contributed by atoms with van der Waals surface area (Å²) in [7, 11) is 8.45. The third kappa shape index (κ3) is 23.2. The minimum atomic E-state index is -1.68. The number of hydrogen-bond acceptors (Lipinski definition) is 14. The van der Waals surface area contributed by atoms with Gasteiger partial charge in [-0.2, -0.15) is 0 Å². The molecule has 0 spiro atoms. The Balaban J connectivity index is 2.98. The van der Waals surface area contributed by atoms with Crippen LogP contribution < -0.4 is 26.6 Å². The van der Waals surface area contributed by atoms with Gasteiger partial charge in [0.2, 0.25) is 59.1 Å². The van der Waals surface area contributed by atoms with Gasteiger partial charge in [-0.15, -0.1) is 0 Å². The molecule has 0 aromatic heterocycles. The van der Waals surface area contributed by atoms with E-state index >= 15 is 19.2 Å². The molecule has 0 saturated carbocycles. The van der Waals surface area contributed by atoms with Gasteiger partial charge in [-0.1, -0.05) is 104 Å². The normalized spacial score (nSPS) is 26.2. The molecule has 1 fully saturated rings. The smallest absolute Gasteiger partial charge is 0.246 e. The highest BCUT2D eigenvalue weighted by Crippen LogP contribution is 2.28. The molecule has 13 atom stereocenters. The first-order valence-electron chi connectivity index (χ1n) is 33.4. The fourth-order valence-corrected chi connectivity index (χ4v) is 12.0. The van der Waals surface area contributed by atoms with Crippen LogP contribution >= 0.6 is 0 Å². The van der Waals surface area contributed by atoms with Gasteiger partial charge in [0.1, 0.15) is 48.3 Å². The van der Waals surface area contributed by atoms with Crippen molar-refractivity contribution in [2.24, 2.45) is 53.3 Å². The van der Waals surface area contributed by atoms with Crippen LogP contribution in [0.25, 0.3) is 0 Å². The summed E-state index contributed by atoms with van der Waals surface area (Å²) in [6.45, 7) is 30.9. The lowest BCUT2D eigenvalue weighted by atomic mass is 9.79. The van der Waals surface area contributed by atoms with Crippen LogP contribution in [-0.2, 0) is 52.7 Å². The lowest BCUT2D eigenvalue weighted by Gasteiger charge is -2.41. The quantitative estimate of drug-likeness (QED) is 0.105. The van der Waals surface area contributed by atoms with E-state index in [0.29, 0.717) is 11.3 Å². The SMILES string of the molecule is CC[C@H]1NC(=O)C([C@@H](O)[C@@H](C)CCNc2ccc(C(C)=O)cc2)N(C)C(=O)C(C(C)C)N(C)C(=O)[C@@H](CC(C)C)N(C)C(=O)[C@@H](CC(C)C)N(C)C(=O)[C@@H](C)NC(=O)[C@@H](C)NC(=O)[C@@H](CC(C)C)[C@H](C)C(=O)[C@@H](C(C)C)NC(=O)[C@@H](CC(C)C)N(C)C(=O)CN(C)C1=O. The van der Waals surface area contributed by atoms with E-state index in [2.05, 4.69) is 26.6 Å². The van der Waals surface area contributed by atoms with Crippen LogP contribution in [0.3, 0.4) is 0 Å². The molecule has 526 valence electrons. The van der Waals surface area contributed by atoms with Crippen LogP contribution in [0.15, 0.2) is 24.3 Å². The number of likely N-dealkylation sites (N-methyl/N-ethyl adjacent to an activating group) is 6. The summed E-state index contributed by atoms with van der Waals surface area (Å²) in [4.78, 5) is 181. The number of carbonyl (C=O) groups is 12. The van der Waals surface area contributed by atoms with Gasteiger partial charge in [-0.3, -0.25) is 57.5 Å². The van der Waals surface area contributed by atoms with Crippen LogP contribution in [0.4, 0.5) is 5.69 Å². The monoisotopic (exact) mass is 1310 g/mol. The summed E-state index contributed by atoms with van der Waals surface area (Å²) in [6.07, 6.45) is -0.694. The Morgan fingerprint density at radius 2 is 1.00 bits per heavy atom. The lowest BCUT2D eigenvalue weighted by Crippen LogP contribution is -2.63. The molecule has 6 N–H and O–H groups in total. The topological polar surface area (TPSA) is 305 Å². The van der Waals surface area contributed by atoms with Gasteiger partial charge in [0, 0.05) is 71.9 Å². The number of aliphatic hydroxyl groups is 1.